The average Bonchev–Trinajstić information content (AvgIpc) is 3.89. The van der Waals surface area contributed by atoms with E-state index in [1.165, 1.54) is 12.1 Å². The molecule has 3 N–H and O–H groups in total. The highest BCUT2D eigenvalue weighted by Crippen LogP contribution is 2.49. The van der Waals surface area contributed by atoms with Crippen LogP contribution in [0, 0.1) is 23.0 Å². The molecule has 4 atom stereocenters. The number of fused-ring (bicyclic) bond motifs is 2. The summed E-state index contributed by atoms with van der Waals surface area (Å²) < 4.78 is 53.4. The molecule has 8 rings (SSSR count). The Morgan fingerprint density at radius 3 is 2.89 bits per heavy atom. The number of rotatable bonds is 9. The van der Waals surface area contributed by atoms with Crippen molar-refractivity contribution in [3.8, 4) is 23.2 Å². The van der Waals surface area contributed by atoms with Gasteiger partial charge in [-0.05, 0) is 76.4 Å². The lowest BCUT2D eigenvalue weighted by Gasteiger charge is -2.36. The van der Waals surface area contributed by atoms with E-state index in [4.69, 9.17) is 27.1 Å². The molecule has 4 aromatic rings. The molecule has 5 heterocycles. The van der Waals surface area contributed by atoms with Crippen molar-refractivity contribution < 1.29 is 22.7 Å². The van der Waals surface area contributed by atoms with Crippen molar-refractivity contribution in [3.63, 3.8) is 0 Å². The van der Waals surface area contributed by atoms with E-state index in [1.54, 1.807) is 6.08 Å². The SMILES string of the molecule is CN(C)C/C=C/C(=O)NC1CCC(N2CCc3c(Cl)c(-c4ccc(F)c5sc(N)c(C#N)c45)c(F)c4nc(OC[C@@]56CCCN5C[C@H](F)C6)nc2c34)C1. The minimum atomic E-state index is -0.950. The van der Waals surface area contributed by atoms with E-state index < -0.39 is 23.3 Å². The second kappa shape index (κ2) is 13.9. The van der Waals surface area contributed by atoms with Gasteiger partial charge in [0.1, 0.15) is 41.0 Å². The van der Waals surface area contributed by atoms with E-state index in [-0.39, 0.29) is 72.9 Å². The molecule has 2 aromatic carbocycles. The first kappa shape index (κ1) is 35.8. The van der Waals surface area contributed by atoms with Gasteiger partial charge in [0.2, 0.25) is 5.91 Å². The Hall–Kier alpha value is -4.16. The number of benzene rings is 2. The zero-order valence-electron chi connectivity index (χ0n) is 29.5. The number of aromatic nitrogens is 2. The van der Waals surface area contributed by atoms with E-state index >= 15 is 8.78 Å². The fraction of sp³-hybridized carbons (Fsp3) is 0.474. The maximum absolute atomic E-state index is 17.3. The molecule has 0 bridgehead atoms. The van der Waals surface area contributed by atoms with Crippen LogP contribution in [-0.4, -0.2) is 96.4 Å². The highest BCUT2D eigenvalue weighted by molar-refractivity contribution is 7.23. The van der Waals surface area contributed by atoms with Crippen molar-refractivity contribution in [2.75, 3.05) is 57.5 Å². The van der Waals surface area contributed by atoms with Crippen molar-refractivity contribution in [2.45, 2.75) is 68.7 Å². The topological polar surface area (TPSA) is 124 Å². The van der Waals surface area contributed by atoms with Crippen molar-refractivity contribution >= 4 is 60.7 Å². The van der Waals surface area contributed by atoms with Crippen molar-refractivity contribution in [1.82, 2.24) is 25.1 Å². The second-order valence-corrected chi connectivity index (χ2v) is 16.4. The summed E-state index contributed by atoms with van der Waals surface area (Å²) in [7, 11) is 3.87. The largest absolute Gasteiger partial charge is 0.461 e. The summed E-state index contributed by atoms with van der Waals surface area (Å²) in [6, 6.07) is 4.61. The number of hydrogen-bond donors (Lipinski definition) is 2. The number of halogens is 4. The molecule has 2 saturated heterocycles. The lowest BCUT2D eigenvalue weighted by atomic mass is 9.91. The van der Waals surface area contributed by atoms with Gasteiger partial charge in [0.15, 0.2) is 5.82 Å². The minimum Gasteiger partial charge on any atom is -0.461 e. The number of nitrogens with two attached hydrogens (primary N) is 1. The van der Waals surface area contributed by atoms with E-state index in [2.05, 4.69) is 26.2 Å². The molecule has 10 nitrogen and oxygen atoms in total. The van der Waals surface area contributed by atoms with Crippen molar-refractivity contribution in [3.05, 3.63) is 52.1 Å². The monoisotopic (exact) mass is 764 g/mol. The van der Waals surface area contributed by atoms with E-state index in [1.807, 2.05) is 25.1 Å². The summed E-state index contributed by atoms with van der Waals surface area (Å²) in [6.07, 6.45) is 7.14. The highest BCUT2D eigenvalue weighted by atomic mass is 35.5. The number of thiophene rings is 1. The number of nitrogens with zero attached hydrogens (tertiary/aromatic N) is 6. The number of likely N-dealkylation sites (N-methyl/N-ethyl adjacent to an activating group) is 1. The van der Waals surface area contributed by atoms with Crippen LogP contribution in [0.15, 0.2) is 24.3 Å². The number of carbonyl (C=O) groups is 1. The highest BCUT2D eigenvalue weighted by Gasteiger charge is 2.49. The van der Waals surface area contributed by atoms with Gasteiger partial charge in [0.25, 0.3) is 0 Å². The molecule has 1 saturated carbocycles. The Morgan fingerprint density at radius 1 is 1.26 bits per heavy atom. The Morgan fingerprint density at radius 2 is 2.09 bits per heavy atom. The van der Waals surface area contributed by atoms with Crippen LogP contribution in [0.25, 0.3) is 32.1 Å². The predicted molar refractivity (Wildman–Crippen MR) is 201 cm³/mol. The molecule has 3 fully saturated rings. The first-order chi connectivity index (χ1) is 25.5. The van der Waals surface area contributed by atoms with Crippen molar-refractivity contribution in [2.24, 2.45) is 0 Å². The third-order valence-corrected chi connectivity index (χ3v) is 12.8. The normalized spacial score (nSPS) is 24.2. The summed E-state index contributed by atoms with van der Waals surface area (Å²) in [5, 5.41) is 14.0. The molecular formula is C38H40ClF3N8O2S. The third kappa shape index (κ3) is 6.25. The Balaban J connectivity index is 1.21. The maximum atomic E-state index is 17.3. The number of ether oxygens (including phenoxy) is 1. The van der Waals surface area contributed by atoms with Crippen LogP contribution in [0.3, 0.4) is 0 Å². The number of nitriles is 1. The van der Waals surface area contributed by atoms with Gasteiger partial charge in [-0.1, -0.05) is 23.7 Å². The van der Waals surface area contributed by atoms with E-state index in [0.717, 1.165) is 43.6 Å². The first-order valence-electron chi connectivity index (χ1n) is 18.0. The van der Waals surface area contributed by atoms with Crippen LogP contribution < -0.4 is 20.7 Å². The number of anilines is 2. The molecule has 3 aliphatic heterocycles. The number of amides is 1. The Labute approximate surface area is 314 Å². The van der Waals surface area contributed by atoms with Gasteiger partial charge in [-0.3, -0.25) is 9.69 Å². The number of nitrogen functional groups attached to an aromatic ring is 1. The van der Waals surface area contributed by atoms with Gasteiger partial charge >= 0.3 is 6.01 Å². The molecule has 1 aliphatic carbocycles. The van der Waals surface area contributed by atoms with Crippen LogP contribution in [0.4, 0.5) is 24.0 Å². The average molecular weight is 765 g/mol. The van der Waals surface area contributed by atoms with Crippen LogP contribution in [-0.2, 0) is 11.2 Å². The molecule has 0 radical (unpaired) electrons. The molecule has 2 unspecified atom stereocenters. The van der Waals surface area contributed by atoms with Crippen molar-refractivity contribution in [1.29, 1.82) is 5.26 Å². The maximum Gasteiger partial charge on any atom is 0.319 e. The number of nitrogens with one attached hydrogen (secondary N) is 1. The molecule has 0 spiro atoms. The standard InChI is InChI=1S/C38H40ClF3N8O2S/c1-48(2)12-3-5-27(51)45-21-6-7-22(15-21)50-14-10-24-30-33(46-37(47-36(30)50)52-19-38-11-4-13-49(38)18-20(40)16-38)32(42)29(31(24)39)23-8-9-26(41)34-28(23)25(17-43)35(44)53-34/h3,5,8-9,20-22H,4,6-7,10-16,18-19,44H2,1-2H3,(H,45,51)/b5-3+/t20-,21?,22?,38+/m1/s1. The lowest BCUT2D eigenvalue weighted by molar-refractivity contribution is -0.117. The van der Waals surface area contributed by atoms with E-state index in [0.29, 0.717) is 55.7 Å². The lowest BCUT2D eigenvalue weighted by Crippen LogP contribution is -2.43. The van der Waals surface area contributed by atoms with Gasteiger partial charge < -0.3 is 25.6 Å². The fourth-order valence-corrected chi connectivity index (χ4v) is 10.2. The molecule has 1 amide bonds. The fourth-order valence-electron chi connectivity index (χ4n) is 8.93. The van der Waals surface area contributed by atoms with Crippen LogP contribution in [0.1, 0.15) is 49.7 Å². The number of alkyl halides is 1. The molecule has 15 heteroatoms. The van der Waals surface area contributed by atoms with Gasteiger partial charge in [0.05, 0.1) is 26.2 Å². The summed E-state index contributed by atoms with van der Waals surface area (Å²) in [4.78, 5) is 28.5. The second-order valence-electron chi connectivity index (χ2n) is 14.9. The van der Waals surface area contributed by atoms with Gasteiger partial charge in [-0.25, -0.2) is 13.2 Å². The Bertz CT molecular complexity index is 2210. The third-order valence-electron chi connectivity index (χ3n) is 11.3. The predicted octanol–water partition coefficient (Wildman–Crippen LogP) is 6.37. The van der Waals surface area contributed by atoms with Gasteiger partial charge in [-0.15, -0.1) is 11.3 Å². The molecule has 2 aromatic heterocycles. The Kier molecular flexibility index (Phi) is 9.41. The molecule has 4 aliphatic rings. The van der Waals surface area contributed by atoms with Gasteiger partial charge in [-0.2, -0.15) is 15.2 Å². The number of carbonyl (C=O) groups excluding carboxylic acids is 1. The summed E-state index contributed by atoms with van der Waals surface area (Å²) in [5.74, 6) is -0.988. The van der Waals surface area contributed by atoms with Crippen LogP contribution >= 0.6 is 22.9 Å². The zero-order chi connectivity index (χ0) is 37.2. The summed E-state index contributed by atoms with van der Waals surface area (Å²) >= 11 is 8.07. The zero-order valence-corrected chi connectivity index (χ0v) is 31.1. The molecule has 53 heavy (non-hydrogen) atoms. The molecule has 278 valence electrons. The quantitative estimate of drug-likeness (QED) is 0.187. The van der Waals surface area contributed by atoms with Crippen LogP contribution in [0.5, 0.6) is 6.01 Å². The van der Waals surface area contributed by atoms with Crippen LogP contribution in [0.2, 0.25) is 5.02 Å². The summed E-state index contributed by atoms with van der Waals surface area (Å²) in [5.41, 5.74) is 6.58. The summed E-state index contributed by atoms with van der Waals surface area (Å²) in [6.45, 7) is 2.46. The van der Waals surface area contributed by atoms with Gasteiger partial charge in [0, 0.05) is 55.2 Å². The first-order valence-corrected chi connectivity index (χ1v) is 19.2. The smallest absolute Gasteiger partial charge is 0.319 e. The van der Waals surface area contributed by atoms with E-state index in [9.17, 15) is 14.4 Å². The minimum absolute atomic E-state index is 0.0000988. The molecular weight excluding hydrogens is 725 g/mol. The number of hydrogen-bond acceptors (Lipinski definition) is 10.